The Hall–Kier alpha value is -1.85. The second-order valence-electron chi connectivity index (χ2n) is 9.72. The van der Waals surface area contributed by atoms with Crippen LogP contribution in [0.4, 0.5) is 14.5 Å². The van der Waals surface area contributed by atoms with E-state index in [1.807, 2.05) is 0 Å². The lowest BCUT2D eigenvalue weighted by Crippen LogP contribution is -2.57. The van der Waals surface area contributed by atoms with Gasteiger partial charge in [-0.1, -0.05) is 15.3 Å². The highest BCUT2D eigenvalue weighted by atomic mass is 31.0. The maximum absolute atomic E-state index is 13.9. The lowest BCUT2D eigenvalue weighted by molar-refractivity contribution is -1.25. The number of quaternary nitrogens is 1. The van der Waals surface area contributed by atoms with Gasteiger partial charge in [0.15, 0.2) is 5.54 Å². The topological polar surface area (TPSA) is 105 Å². The lowest BCUT2D eigenvalue weighted by atomic mass is 9.58. The van der Waals surface area contributed by atoms with Crippen molar-refractivity contribution in [1.29, 1.82) is 5.26 Å². The Morgan fingerprint density at radius 2 is 1.74 bits per heavy atom. The van der Waals surface area contributed by atoms with Crippen LogP contribution in [0.1, 0.15) is 74.2 Å². The van der Waals surface area contributed by atoms with Crippen LogP contribution in [0.25, 0.3) is 0 Å². The average molecular weight is 453 g/mol. The summed E-state index contributed by atoms with van der Waals surface area (Å²) in [5.41, 5.74) is -2.75. The van der Waals surface area contributed by atoms with Gasteiger partial charge < -0.3 is 5.32 Å². The Morgan fingerprint density at radius 3 is 2.23 bits per heavy atom. The van der Waals surface area contributed by atoms with E-state index in [4.69, 9.17) is 0 Å². The number of carbonyl (C=O) groups is 1. The van der Waals surface area contributed by atoms with E-state index < -0.39 is 27.6 Å². The van der Waals surface area contributed by atoms with Crippen molar-refractivity contribution in [1.82, 2.24) is 5.32 Å². The van der Waals surface area contributed by atoms with Crippen LogP contribution in [0.5, 0.6) is 0 Å². The zero-order valence-corrected chi connectivity index (χ0v) is 18.6. The molecule has 10 heteroatoms. The molecular weight excluding hydrogens is 425 g/mol. The van der Waals surface area contributed by atoms with Crippen molar-refractivity contribution in [3.05, 3.63) is 29.3 Å². The summed E-state index contributed by atoms with van der Waals surface area (Å²) in [6.07, 6.45) is 5.31. The van der Waals surface area contributed by atoms with Gasteiger partial charge >= 0.3 is 0 Å². The summed E-state index contributed by atoms with van der Waals surface area (Å²) in [4.78, 5) is 11.6. The SMILES string of the molecule is CC1([N+](O)(O)Nc2cc(C(F)(F)P)ccc2C(=O)NC23CCC(C#N)(CC2)CC3)CC1. The first-order valence-electron chi connectivity index (χ1n) is 10.5. The Bertz CT molecular complexity index is 928. The van der Waals surface area contributed by atoms with Gasteiger partial charge in [0, 0.05) is 23.9 Å². The van der Waals surface area contributed by atoms with Crippen LogP contribution < -0.4 is 10.7 Å². The molecule has 4 saturated carbocycles. The molecule has 4 N–H and O–H groups in total. The van der Waals surface area contributed by atoms with Crippen LogP contribution in [0.3, 0.4) is 0 Å². The first-order chi connectivity index (χ1) is 14.3. The van der Waals surface area contributed by atoms with E-state index in [1.54, 1.807) is 6.92 Å². The molecule has 0 heterocycles. The van der Waals surface area contributed by atoms with E-state index in [0.29, 0.717) is 32.1 Å². The third kappa shape index (κ3) is 4.03. The van der Waals surface area contributed by atoms with E-state index >= 15 is 0 Å². The predicted octanol–water partition coefficient (Wildman–Crippen LogP) is 4.43. The van der Waals surface area contributed by atoms with Crippen LogP contribution in [0, 0.1) is 16.7 Å². The third-order valence-electron chi connectivity index (χ3n) is 7.51. The normalized spacial score (nSPS) is 29.2. The number of nitrogens with zero attached hydrogens (tertiary/aromatic N) is 2. The molecule has 1 amide bonds. The summed E-state index contributed by atoms with van der Waals surface area (Å²) in [6, 6.07) is 5.95. The minimum Gasteiger partial charge on any atom is -0.347 e. The number of benzene rings is 1. The molecule has 0 radical (unpaired) electrons. The standard InChI is InChI=1S/C21H27F2N4O3P/c1-18(4-5-18)27(29,30)26-16-12-14(21(22,23)31)2-3-15(16)17(28)25-20-9-6-19(13-24,7-10-20)8-11-20/h2-3,12,29-30H,4-11,31H2,1H3,(H-,25,26,28)/p+1. The summed E-state index contributed by atoms with van der Waals surface area (Å²) in [5.74, 6) is -0.464. The molecule has 4 aliphatic carbocycles. The molecule has 31 heavy (non-hydrogen) atoms. The molecule has 2 bridgehead atoms. The third-order valence-corrected chi connectivity index (χ3v) is 7.85. The number of rotatable bonds is 6. The van der Waals surface area contributed by atoms with Crippen LogP contribution in [-0.2, 0) is 5.66 Å². The Kier molecular flexibility index (Phi) is 5.10. The first kappa shape index (κ1) is 22.3. The van der Waals surface area contributed by atoms with Gasteiger partial charge in [0.05, 0.1) is 22.0 Å². The first-order valence-corrected chi connectivity index (χ1v) is 11.1. The minimum atomic E-state index is -3.23. The second kappa shape index (κ2) is 7.08. The highest BCUT2D eigenvalue weighted by Crippen LogP contribution is 2.52. The van der Waals surface area contributed by atoms with Gasteiger partial charge in [-0.25, -0.2) is 0 Å². The van der Waals surface area contributed by atoms with Gasteiger partial charge in [0.2, 0.25) is 0 Å². The number of hydroxylamine groups is 2. The molecule has 0 aliphatic heterocycles. The van der Waals surface area contributed by atoms with Gasteiger partial charge in [0.25, 0.3) is 11.6 Å². The fourth-order valence-corrected chi connectivity index (χ4v) is 4.87. The maximum atomic E-state index is 13.9. The van der Waals surface area contributed by atoms with Crippen molar-refractivity contribution in [3.63, 3.8) is 0 Å². The van der Waals surface area contributed by atoms with Crippen molar-refractivity contribution in [3.8, 4) is 6.07 Å². The molecule has 0 aromatic heterocycles. The molecule has 1 aromatic carbocycles. The predicted molar refractivity (Wildman–Crippen MR) is 111 cm³/mol. The molecule has 4 fully saturated rings. The molecule has 1 unspecified atom stereocenters. The van der Waals surface area contributed by atoms with Gasteiger partial charge in [-0.15, -0.1) is 0 Å². The van der Waals surface area contributed by atoms with E-state index in [-0.39, 0.29) is 22.2 Å². The quantitative estimate of drug-likeness (QED) is 0.290. The fourth-order valence-electron chi connectivity index (χ4n) is 4.69. The molecule has 4 aliphatic rings. The van der Waals surface area contributed by atoms with Crippen LogP contribution >= 0.6 is 9.24 Å². The Balaban J connectivity index is 1.61. The van der Waals surface area contributed by atoms with E-state index in [9.17, 15) is 29.3 Å². The highest BCUT2D eigenvalue weighted by molar-refractivity contribution is 7.17. The Labute approximate surface area is 182 Å². The van der Waals surface area contributed by atoms with Gasteiger partial charge in [-0.2, -0.15) is 29.9 Å². The summed E-state index contributed by atoms with van der Waals surface area (Å²) in [7, 11) is 1.44. The number of hydrogen-bond donors (Lipinski definition) is 4. The lowest BCUT2D eigenvalue weighted by Gasteiger charge is -2.50. The molecule has 0 saturated heterocycles. The number of carbonyl (C=O) groups excluding carboxylic acids is 1. The summed E-state index contributed by atoms with van der Waals surface area (Å²) in [6.45, 7) is 1.65. The summed E-state index contributed by atoms with van der Waals surface area (Å²) >= 11 is 0. The zero-order chi connectivity index (χ0) is 22.7. The summed E-state index contributed by atoms with van der Waals surface area (Å²) < 4.78 is 27.8. The molecule has 168 valence electrons. The van der Waals surface area contributed by atoms with E-state index in [1.165, 1.54) is 15.3 Å². The minimum absolute atomic E-state index is 0.0601. The Morgan fingerprint density at radius 1 is 1.16 bits per heavy atom. The molecule has 0 spiro atoms. The number of nitriles is 1. The summed E-state index contributed by atoms with van der Waals surface area (Å²) in [5, 5.41) is 33.5. The molecule has 7 nitrogen and oxygen atoms in total. The van der Waals surface area contributed by atoms with E-state index in [0.717, 1.165) is 31.4 Å². The monoisotopic (exact) mass is 453 g/mol. The molecule has 1 aromatic rings. The number of halogens is 2. The number of anilines is 1. The van der Waals surface area contributed by atoms with Crippen molar-refractivity contribution in [2.75, 3.05) is 5.43 Å². The van der Waals surface area contributed by atoms with Gasteiger partial charge in [-0.05, 0) is 57.6 Å². The highest BCUT2D eigenvalue weighted by Gasteiger charge is 2.59. The largest absolute Gasteiger partial charge is 0.347 e. The number of fused-ring (bicyclic) bond motifs is 3. The van der Waals surface area contributed by atoms with Crippen molar-refractivity contribution < 1.29 is 28.9 Å². The van der Waals surface area contributed by atoms with Crippen molar-refractivity contribution in [2.24, 2.45) is 5.41 Å². The second-order valence-corrected chi connectivity index (χ2v) is 10.4. The number of nitrogens with one attached hydrogen (secondary N) is 2. The average Bonchev–Trinajstić information content (AvgIpc) is 3.47. The van der Waals surface area contributed by atoms with Crippen LogP contribution in [0.2, 0.25) is 0 Å². The van der Waals surface area contributed by atoms with Crippen molar-refractivity contribution >= 4 is 20.8 Å². The molecule has 1 atom stereocenters. The number of hydrogen-bond acceptors (Lipinski definition) is 5. The fraction of sp³-hybridized carbons (Fsp3) is 0.619. The zero-order valence-electron chi connectivity index (χ0n) is 17.4. The van der Waals surface area contributed by atoms with Crippen molar-refractivity contribution in [2.45, 2.75) is 75.0 Å². The van der Waals surface area contributed by atoms with Crippen LogP contribution in [0.15, 0.2) is 18.2 Å². The molecular formula is C21H28F2N4O3P+. The van der Waals surface area contributed by atoms with E-state index in [2.05, 4.69) is 16.8 Å². The van der Waals surface area contributed by atoms with Gasteiger partial charge in [-0.3, -0.25) is 4.79 Å². The van der Waals surface area contributed by atoms with Gasteiger partial charge in [0.1, 0.15) is 5.69 Å². The maximum Gasteiger partial charge on any atom is 0.283 e. The molecule has 5 rings (SSSR count). The number of amides is 1. The smallest absolute Gasteiger partial charge is 0.283 e. The number of alkyl halides is 2. The van der Waals surface area contributed by atoms with Crippen LogP contribution in [-0.4, -0.2) is 32.3 Å².